The van der Waals surface area contributed by atoms with Crippen molar-refractivity contribution < 1.29 is 22.7 Å². The topological polar surface area (TPSA) is 127 Å². The zero-order valence-electron chi connectivity index (χ0n) is 13.3. The van der Waals surface area contributed by atoms with Gasteiger partial charge in [-0.05, 0) is 19.8 Å². The Labute approximate surface area is 138 Å². The van der Waals surface area contributed by atoms with Crippen LogP contribution in [0.15, 0.2) is 27.8 Å². The van der Waals surface area contributed by atoms with E-state index in [0.29, 0.717) is 25.1 Å². The maximum absolute atomic E-state index is 12.1. The van der Waals surface area contributed by atoms with E-state index in [9.17, 15) is 18.3 Å². The summed E-state index contributed by atoms with van der Waals surface area (Å²) in [5.41, 5.74) is -0.314. The van der Waals surface area contributed by atoms with Gasteiger partial charge in [0.2, 0.25) is 0 Å². The number of nitrogens with one attached hydrogen (secondary N) is 1. The number of aromatic nitrogens is 3. The molecular weight excluding hydrogens is 336 g/mol. The van der Waals surface area contributed by atoms with Crippen LogP contribution < -0.4 is 5.32 Å². The second-order valence-corrected chi connectivity index (χ2v) is 8.17. The van der Waals surface area contributed by atoms with Crippen molar-refractivity contribution in [2.75, 3.05) is 6.26 Å². The lowest BCUT2D eigenvalue weighted by Crippen LogP contribution is -2.35. The van der Waals surface area contributed by atoms with E-state index in [0.717, 1.165) is 12.5 Å². The first-order valence-electron chi connectivity index (χ1n) is 7.40. The number of rotatable bonds is 6. The molecule has 1 fully saturated rings. The maximum Gasteiger partial charge on any atom is 0.287 e. The quantitative estimate of drug-likeness (QED) is 0.751. The van der Waals surface area contributed by atoms with Gasteiger partial charge in [0, 0.05) is 18.4 Å². The predicted octanol–water partition coefficient (Wildman–Crippen LogP) is 0.0745. The first-order valence-corrected chi connectivity index (χ1v) is 9.29. The summed E-state index contributed by atoms with van der Waals surface area (Å²) in [4.78, 5) is 12.0. The van der Waals surface area contributed by atoms with Crippen LogP contribution in [0.3, 0.4) is 0 Å². The Morgan fingerprint density at radius 2 is 2.25 bits per heavy atom. The van der Waals surface area contributed by atoms with E-state index in [4.69, 9.17) is 4.42 Å². The van der Waals surface area contributed by atoms with Gasteiger partial charge >= 0.3 is 0 Å². The van der Waals surface area contributed by atoms with E-state index in [1.165, 1.54) is 6.07 Å². The number of amides is 1. The molecule has 0 spiro atoms. The molecular formula is C14H18N4O5S. The standard InChI is InChI=1S/C14H18N4O5S/c1-9(6-18-7-12(16-17-18)14(20)3-4-14)15-13(19)11-5-10(8-23-11)24(2,21)22/h5,7-9,20H,3-4,6H2,1-2H3,(H,15,19). The molecule has 3 rings (SSSR count). The third-order valence-electron chi connectivity index (χ3n) is 3.80. The van der Waals surface area contributed by atoms with Gasteiger partial charge in [0.25, 0.3) is 5.91 Å². The SMILES string of the molecule is CC(Cn1cc(C2(O)CC2)nn1)NC(=O)c1cc(S(C)(=O)=O)co1. The lowest BCUT2D eigenvalue weighted by Gasteiger charge is -2.12. The van der Waals surface area contributed by atoms with E-state index in [2.05, 4.69) is 15.6 Å². The molecule has 0 bridgehead atoms. The molecule has 1 unspecified atom stereocenters. The van der Waals surface area contributed by atoms with Gasteiger partial charge < -0.3 is 14.8 Å². The lowest BCUT2D eigenvalue weighted by atomic mass is 10.2. The van der Waals surface area contributed by atoms with Crippen LogP contribution in [0, 0.1) is 0 Å². The molecule has 130 valence electrons. The van der Waals surface area contributed by atoms with E-state index >= 15 is 0 Å². The molecule has 2 aromatic rings. The Balaban J connectivity index is 1.60. The average molecular weight is 354 g/mol. The lowest BCUT2D eigenvalue weighted by molar-refractivity contribution is 0.0907. The van der Waals surface area contributed by atoms with Crippen LogP contribution in [0.4, 0.5) is 0 Å². The van der Waals surface area contributed by atoms with Gasteiger partial charge in [-0.25, -0.2) is 8.42 Å². The summed E-state index contributed by atoms with van der Waals surface area (Å²) in [6, 6.07) is 0.890. The fraction of sp³-hybridized carbons (Fsp3) is 0.500. The Morgan fingerprint density at radius 3 is 2.83 bits per heavy atom. The number of hydrogen-bond donors (Lipinski definition) is 2. The molecule has 1 atom stereocenters. The van der Waals surface area contributed by atoms with Crippen molar-refractivity contribution in [1.29, 1.82) is 0 Å². The van der Waals surface area contributed by atoms with E-state index in [-0.39, 0.29) is 16.7 Å². The summed E-state index contributed by atoms with van der Waals surface area (Å²) in [6.07, 6.45) is 5.09. The minimum absolute atomic E-state index is 0.0427. The first-order chi connectivity index (χ1) is 11.2. The maximum atomic E-state index is 12.1. The summed E-state index contributed by atoms with van der Waals surface area (Å²) in [6.45, 7) is 2.12. The van der Waals surface area contributed by atoms with Crippen LogP contribution in [0.25, 0.3) is 0 Å². The van der Waals surface area contributed by atoms with Crippen molar-refractivity contribution in [3.8, 4) is 0 Å². The molecule has 2 N–H and O–H groups in total. The number of carbonyl (C=O) groups excluding carboxylic acids is 1. The van der Waals surface area contributed by atoms with E-state index in [1.54, 1.807) is 17.8 Å². The molecule has 1 saturated carbocycles. The molecule has 24 heavy (non-hydrogen) atoms. The zero-order chi connectivity index (χ0) is 17.5. The molecule has 2 heterocycles. The molecule has 1 aliphatic carbocycles. The number of carbonyl (C=O) groups is 1. The molecule has 9 nitrogen and oxygen atoms in total. The highest BCUT2D eigenvalue weighted by Crippen LogP contribution is 2.43. The Hall–Kier alpha value is -2.20. The van der Waals surface area contributed by atoms with Crippen molar-refractivity contribution in [2.24, 2.45) is 0 Å². The normalized spacial score (nSPS) is 17.5. The molecule has 0 aromatic carbocycles. The summed E-state index contributed by atoms with van der Waals surface area (Å²) >= 11 is 0. The summed E-state index contributed by atoms with van der Waals surface area (Å²) in [5.74, 6) is -0.590. The van der Waals surface area contributed by atoms with Crippen LogP contribution in [-0.4, -0.2) is 46.7 Å². The second-order valence-electron chi connectivity index (χ2n) is 6.15. The minimum Gasteiger partial charge on any atom is -0.458 e. The van der Waals surface area contributed by atoms with Gasteiger partial charge in [0.05, 0.1) is 12.7 Å². The highest BCUT2D eigenvalue weighted by atomic mass is 32.2. The summed E-state index contributed by atoms with van der Waals surface area (Å²) < 4.78 is 29.3. The number of aliphatic hydroxyl groups is 1. The molecule has 0 radical (unpaired) electrons. The third-order valence-corrected chi connectivity index (χ3v) is 4.88. The van der Waals surface area contributed by atoms with Crippen LogP contribution in [-0.2, 0) is 22.0 Å². The van der Waals surface area contributed by atoms with E-state index < -0.39 is 21.3 Å². The predicted molar refractivity (Wildman–Crippen MR) is 81.9 cm³/mol. The molecule has 1 aliphatic rings. The Kier molecular flexibility index (Phi) is 3.96. The monoisotopic (exact) mass is 354 g/mol. The van der Waals surface area contributed by atoms with Gasteiger partial charge in [-0.2, -0.15) is 0 Å². The summed E-state index contributed by atoms with van der Waals surface area (Å²) in [5, 5.41) is 20.5. The van der Waals surface area contributed by atoms with Gasteiger partial charge in [0.1, 0.15) is 22.5 Å². The number of hydrogen-bond acceptors (Lipinski definition) is 7. The van der Waals surface area contributed by atoms with Crippen molar-refractivity contribution in [1.82, 2.24) is 20.3 Å². The second kappa shape index (κ2) is 5.71. The van der Waals surface area contributed by atoms with Crippen LogP contribution in [0.2, 0.25) is 0 Å². The fourth-order valence-corrected chi connectivity index (χ4v) is 2.77. The number of nitrogens with zero attached hydrogens (tertiary/aromatic N) is 3. The Bertz CT molecular complexity index is 865. The van der Waals surface area contributed by atoms with Crippen molar-refractivity contribution in [2.45, 2.75) is 42.8 Å². The van der Waals surface area contributed by atoms with Gasteiger partial charge in [0.15, 0.2) is 15.6 Å². The summed E-state index contributed by atoms with van der Waals surface area (Å²) in [7, 11) is -3.42. The molecule has 0 saturated heterocycles. The number of furan rings is 1. The zero-order valence-corrected chi connectivity index (χ0v) is 14.1. The van der Waals surface area contributed by atoms with Crippen LogP contribution >= 0.6 is 0 Å². The third kappa shape index (κ3) is 3.49. The first kappa shape index (κ1) is 16.7. The molecule has 1 amide bonds. The highest BCUT2D eigenvalue weighted by Gasteiger charge is 2.44. The number of sulfone groups is 1. The smallest absolute Gasteiger partial charge is 0.287 e. The van der Waals surface area contributed by atoms with Crippen LogP contribution in [0.1, 0.15) is 36.0 Å². The largest absolute Gasteiger partial charge is 0.458 e. The van der Waals surface area contributed by atoms with Gasteiger partial charge in [-0.3, -0.25) is 9.48 Å². The van der Waals surface area contributed by atoms with Crippen molar-refractivity contribution >= 4 is 15.7 Å². The molecule has 2 aromatic heterocycles. The average Bonchev–Trinajstić information content (AvgIpc) is 2.95. The fourth-order valence-electron chi connectivity index (χ4n) is 2.23. The molecule has 0 aliphatic heterocycles. The van der Waals surface area contributed by atoms with Crippen molar-refractivity contribution in [3.05, 3.63) is 30.0 Å². The van der Waals surface area contributed by atoms with Crippen LogP contribution in [0.5, 0.6) is 0 Å². The van der Waals surface area contributed by atoms with Crippen molar-refractivity contribution in [3.63, 3.8) is 0 Å². The highest BCUT2D eigenvalue weighted by molar-refractivity contribution is 7.90. The van der Waals surface area contributed by atoms with E-state index in [1.807, 2.05) is 0 Å². The molecule has 10 heteroatoms. The van der Waals surface area contributed by atoms with Gasteiger partial charge in [-0.1, -0.05) is 5.21 Å². The van der Waals surface area contributed by atoms with Gasteiger partial charge in [-0.15, -0.1) is 5.10 Å². The Morgan fingerprint density at radius 1 is 1.54 bits per heavy atom. The minimum atomic E-state index is -3.42.